The van der Waals surface area contributed by atoms with Gasteiger partial charge in [-0.3, -0.25) is 4.79 Å². The van der Waals surface area contributed by atoms with E-state index in [4.69, 9.17) is 27.2 Å². The maximum Gasteiger partial charge on any atom is 0.490 e. The van der Waals surface area contributed by atoms with Gasteiger partial charge in [-0.1, -0.05) is 11.6 Å². The summed E-state index contributed by atoms with van der Waals surface area (Å²) in [5.41, 5.74) is 6.63. The second-order valence-electron chi connectivity index (χ2n) is 7.93. The molecule has 5 rings (SSSR count). The number of sulfonamides is 1. The first-order valence-electron chi connectivity index (χ1n) is 10.7. The molecule has 4 N–H and O–H groups in total. The second-order valence-corrected chi connectivity index (χ2v) is 13.8. The van der Waals surface area contributed by atoms with Crippen LogP contribution in [0, 0.1) is 0 Å². The average molecular weight is 640 g/mol. The molecule has 0 unspecified atom stereocenters. The van der Waals surface area contributed by atoms with Gasteiger partial charge in [0, 0.05) is 21.2 Å². The molecule has 0 bridgehead atoms. The van der Waals surface area contributed by atoms with Crippen molar-refractivity contribution in [3.05, 3.63) is 45.9 Å². The highest BCUT2D eigenvalue weighted by atomic mass is 35.5. The van der Waals surface area contributed by atoms with Gasteiger partial charge in [-0.05, 0) is 36.8 Å². The lowest BCUT2D eigenvalue weighted by Gasteiger charge is -2.16. The minimum atomic E-state index is -5.08. The highest BCUT2D eigenvalue weighted by Crippen LogP contribution is 2.37. The summed E-state index contributed by atoms with van der Waals surface area (Å²) in [6.45, 7) is 0.838. The van der Waals surface area contributed by atoms with Crippen LogP contribution >= 0.6 is 45.6 Å². The predicted octanol–water partition coefficient (Wildman–Crippen LogP) is 4.43. The topological polar surface area (TPSA) is 156 Å². The van der Waals surface area contributed by atoms with E-state index in [9.17, 15) is 26.4 Å². The molecule has 0 spiro atoms. The number of carbonyl (C=O) groups is 2. The predicted molar refractivity (Wildman–Crippen MR) is 142 cm³/mol. The molecule has 10 nitrogen and oxygen atoms in total. The smallest absolute Gasteiger partial charge is 0.475 e. The number of nitrogens with one attached hydrogen (secondary N) is 1. The maximum absolute atomic E-state index is 12.9. The molecule has 39 heavy (non-hydrogen) atoms. The summed E-state index contributed by atoms with van der Waals surface area (Å²) >= 11 is 9.95. The van der Waals surface area contributed by atoms with Crippen LogP contribution in [0.4, 0.5) is 19.0 Å². The van der Waals surface area contributed by atoms with Crippen molar-refractivity contribution in [2.75, 3.05) is 12.3 Å². The van der Waals surface area contributed by atoms with Gasteiger partial charge in [0.1, 0.15) is 22.4 Å². The average Bonchev–Trinajstić information content (AvgIpc) is 3.63. The van der Waals surface area contributed by atoms with Gasteiger partial charge in [0.2, 0.25) is 5.91 Å². The molecule has 4 aromatic rings. The number of carboxylic acid groups (broad SMARTS) is 1. The molecule has 1 amide bonds. The Labute approximate surface area is 235 Å². The number of likely N-dealkylation sites (tertiary alicyclic amines) is 1. The van der Waals surface area contributed by atoms with Gasteiger partial charge in [-0.15, -0.1) is 34.0 Å². The Morgan fingerprint density at radius 2 is 1.85 bits per heavy atom. The number of amides is 1. The van der Waals surface area contributed by atoms with E-state index in [1.165, 1.54) is 29.0 Å². The second kappa shape index (κ2) is 11.3. The molecular formula is C21H17ClF3N5O5S4. The fraction of sp³-hybridized carbons (Fsp3) is 0.238. The zero-order valence-corrected chi connectivity index (χ0v) is 23.3. The number of carboxylic acids is 1. The Kier molecular flexibility index (Phi) is 8.48. The molecule has 5 heterocycles. The number of nitrogen functional groups attached to an aromatic ring is 1. The van der Waals surface area contributed by atoms with Crippen LogP contribution in [0.3, 0.4) is 0 Å². The molecule has 18 heteroatoms. The standard InChI is InChI=1S/C19H16ClN5O3S4.C2HF3O2/c20-15-3-1-13(30-15)14-2-4-16(31-14)32(27,28)24-11-5-6-25(19(11)26)8-10-7-12-17(29-10)18(21)23-9-22-12;3-2(4,5)1(6)7/h1-4,7,9,11,24H,5-6,8H2,(H2,21,22,23);(H,6,7)/t11-;/m0./s1. The number of nitrogens with two attached hydrogens (primary N) is 1. The zero-order chi connectivity index (χ0) is 28.5. The number of hydrogen-bond acceptors (Lipinski definition) is 10. The van der Waals surface area contributed by atoms with Crippen LogP contribution in [0.2, 0.25) is 4.34 Å². The van der Waals surface area contributed by atoms with E-state index < -0.39 is 28.2 Å². The maximum atomic E-state index is 12.9. The first-order chi connectivity index (χ1) is 18.2. The molecule has 1 aliphatic rings. The van der Waals surface area contributed by atoms with Crippen LogP contribution < -0.4 is 10.5 Å². The van der Waals surface area contributed by atoms with Crippen molar-refractivity contribution in [1.82, 2.24) is 19.6 Å². The molecule has 0 saturated carbocycles. The first kappa shape index (κ1) is 29.2. The minimum absolute atomic E-state index is 0.168. The number of fused-ring (bicyclic) bond motifs is 1. The van der Waals surface area contributed by atoms with E-state index >= 15 is 0 Å². The third kappa shape index (κ3) is 6.85. The van der Waals surface area contributed by atoms with Gasteiger partial charge in [-0.25, -0.2) is 23.2 Å². The third-order valence-electron chi connectivity index (χ3n) is 5.24. The van der Waals surface area contributed by atoms with Crippen LogP contribution in [-0.4, -0.2) is 59.0 Å². The Hall–Kier alpha value is -2.83. The van der Waals surface area contributed by atoms with Crippen molar-refractivity contribution in [2.45, 2.75) is 29.4 Å². The van der Waals surface area contributed by atoms with Gasteiger partial charge < -0.3 is 15.7 Å². The fourth-order valence-corrected chi connectivity index (χ4v) is 8.19. The number of anilines is 1. The number of alkyl halides is 3. The van der Waals surface area contributed by atoms with Gasteiger partial charge in [0.15, 0.2) is 0 Å². The number of thiophene rings is 3. The van der Waals surface area contributed by atoms with E-state index in [2.05, 4.69) is 14.7 Å². The van der Waals surface area contributed by atoms with Crippen molar-refractivity contribution < 1.29 is 36.3 Å². The molecular weight excluding hydrogens is 623 g/mol. The Morgan fingerprint density at radius 3 is 2.46 bits per heavy atom. The summed E-state index contributed by atoms with van der Waals surface area (Å²) in [6, 6.07) is 8.02. The Bertz CT molecular complexity index is 1640. The number of nitrogens with zero attached hydrogens (tertiary/aromatic N) is 3. The van der Waals surface area contributed by atoms with Crippen molar-refractivity contribution >= 4 is 83.5 Å². The summed E-state index contributed by atoms with van der Waals surface area (Å²) < 4.78 is 61.7. The number of rotatable bonds is 6. The summed E-state index contributed by atoms with van der Waals surface area (Å²) in [5, 5.41) is 7.12. The zero-order valence-electron chi connectivity index (χ0n) is 19.3. The fourth-order valence-electron chi connectivity index (χ4n) is 3.48. The van der Waals surface area contributed by atoms with Crippen LogP contribution in [-0.2, 0) is 26.2 Å². The van der Waals surface area contributed by atoms with E-state index in [1.807, 2.05) is 12.1 Å². The van der Waals surface area contributed by atoms with Crippen LogP contribution in [0.1, 0.15) is 11.3 Å². The van der Waals surface area contributed by atoms with Crippen LogP contribution in [0.25, 0.3) is 20.0 Å². The summed E-state index contributed by atoms with van der Waals surface area (Å²) in [7, 11) is -3.82. The van der Waals surface area contributed by atoms with Crippen molar-refractivity contribution in [2.24, 2.45) is 0 Å². The number of halogens is 4. The first-order valence-corrected chi connectivity index (χ1v) is 15.0. The van der Waals surface area contributed by atoms with Gasteiger partial charge in [-0.2, -0.15) is 17.9 Å². The molecule has 0 aliphatic carbocycles. The monoisotopic (exact) mass is 639 g/mol. The summed E-state index contributed by atoms with van der Waals surface area (Å²) in [5.74, 6) is -2.59. The lowest BCUT2D eigenvalue weighted by Crippen LogP contribution is -2.40. The number of aliphatic carboxylic acids is 1. The summed E-state index contributed by atoms with van der Waals surface area (Å²) in [4.78, 5) is 34.2. The molecule has 4 aromatic heterocycles. The van der Waals surface area contributed by atoms with E-state index in [0.29, 0.717) is 29.7 Å². The van der Waals surface area contributed by atoms with Crippen LogP contribution in [0.15, 0.2) is 40.9 Å². The highest BCUT2D eigenvalue weighted by Gasteiger charge is 2.38. The van der Waals surface area contributed by atoms with Gasteiger partial charge in [0.25, 0.3) is 10.0 Å². The molecule has 1 saturated heterocycles. The Balaban J connectivity index is 0.000000448. The normalized spacial score (nSPS) is 15.9. The quantitative estimate of drug-likeness (QED) is 0.280. The van der Waals surface area contributed by atoms with Gasteiger partial charge >= 0.3 is 12.1 Å². The lowest BCUT2D eigenvalue weighted by atomic mass is 10.3. The van der Waals surface area contributed by atoms with Crippen LogP contribution in [0.5, 0.6) is 0 Å². The Morgan fingerprint density at radius 1 is 1.18 bits per heavy atom. The highest BCUT2D eigenvalue weighted by molar-refractivity contribution is 7.91. The van der Waals surface area contributed by atoms with E-state index in [0.717, 1.165) is 36.2 Å². The minimum Gasteiger partial charge on any atom is -0.475 e. The molecule has 1 atom stereocenters. The van der Waals surface area contributed by atoms with Gasteiger partial charge in [0.05, 0.1) is 21.1 Å². The number of aromatic nitrogens is 2. The van der Waals surface area contributed by atoms with E-state index in [1.54, 1.807) is 23.1 Å². The van der Waals surface area contributed by atoms with Crippen molar-refractivity contribution in [3.63, 3.8) is 0 Å². The number of carbonyl (C=O) groups excluding carboxylic acids is 1. The summed E-state index contributed by atoms with van der Waals surface area (Å²) in [6.07, 6.45) is -3.27. The molecule has 0 aromatic carbocycles. The largest absolute Gasteiger partial charge is 0.490 e. The molecule has 1 fully saturated rings. The van der Waals surface area contributed by atoms with E-state index in [-0.39, 0.29) is 10.1 Å². The van der Waals surface area contributed by atoms with Crippen molar-refractivity contribution in [1.29, 1.82) is 0 Å². The van der Waals surface area contributed by atoms with Crippen molar-refractivity contribution in [3.8, 4) is 9.75 Å². The SMILES string of the molecule is Nc1ncnc2cc(CN3CC[C@H](NS(=O)(=O)c4ccc(-c5ccc(Cl)s5)s4)C3=O)sc12.O=C(O)C(F)(F)F. The third-order valence-corrected chi connectivity index (χ3v) is 10.8. The molecule has 208 valence electrons. The molecule has 0 radical (unpaired) electrons. The lowest BCUT2D eigenvalue weighted by molar-refractivity contribution is -0.192. The number of hydrogen-bond donors (Lipinski definition) is 3. The molecule has 1 aliphatic heterocycles.